The summed E-state index contributed by atoms with van der Waals surface area (Å²) in [4.78, 5) is 27.6. The second kappa shape index (κ2) is 5.08. The van der Waals surface area contributed by atoms with E-state index in [2.05, 4.69) is 9.97 Å². The number of carboxylic acid groups (broad SMARTS) is 1. The fourth-order valence-electron chi connectivity index (χ4n) is 1.24. The van der Waals surface area contributed by atoms with E-state index in [1.54, 1.807) is 0 Å². The third kappa shape index (κ3) is 3.00. The van der Waals surface area contributed by atoms with E-state index in [0.717, 1.165) is 0 Å². The van der Waals surface area contributed by atoms with E-state index < -0.39 is 10.9 Å². The molecule has 8 heteroatoms. The molecule has 0 unspecified atom stereocenters. The molecule has 0 aromatic carbocycles. The average Bonchev–Trinajstić information content (AvgIpc) is 2.40. The van der Waals surface area contributed by atoms with Crippen molar-refractivity contribution in [3.05, 3.63) is 52.5 Å². The molecule has 0 aliphatic rings. The highest BCUT2D eigenvalue weighted by molar-refractivity contribution is 5.85. The zero-order valence-electron chi connectivity index (χ0n) is 9.39. The van der Waals surface area contributed by atoms with E-state index in [1.165, 1.54) is 36.7 Å². The fraction of sp³-hybridized carbons (Fsp3) is 0. The van der Waals surface area contributed by atoms with Crippen LogP contribution in [0.2, 0.25) is 0 Å². The number of aromatic nitrogens is 2. The summed E-state index contributed by atoms with van der Waals surface area (Å²) in [5.41, 5.74) is -0.103. The Hall–Kier alpha value is -3.03. The summed E-state index contributed by atoms with van der Waals surface area (Å²) in [6.07, 6.45) is 2.44. The van der Waals surface area contributed by atoms with Gasteiger partial charge in [-0.15, -0.1) is 0 Å². The lowest BCUT2D eigenvalue weighted by Gasteiger charge is -2.03. The number of carbonyl (C=O) groups is 1. The van der Waals surface area contributed by atoms with Gasteiger partial charge >= 0.3 is 11.8 Å². The first kappa shape index (κ1) is 12.4. The van der Waals surface area contributed by atoms with Gasteiger partial charge in [-0.2, -0.15) is 0 Å². The molecule has 1 N–H and O–H groups in total. The number of pyridine rings is 2. The molecule has 2 aromatic rings. The number of nitrogens with zero attached hydrogens (tertiary/aromatic N) is 3. The Kier molecular flexibility index (Phi) is 3.33. The van der Waals surface area contributed by atoms with E-state index in [4.69, 9.17) is 9.84 Å². The van der Waals surface area contributed by atoms with Crippen LogP contribution in [0, 0.1) is 10.1 Å². The minimum Gasteiger partial charge on any atom is -0.477 e. The Labute approximate surface area is 106 Å². The molecule has 0 radical (unpaired) electrons. The van der Waals surface area contributed by atoms with E-state index in [1.807, 2.05) is 0 Å². The molecule has 0 saturated heterocycles. The van der Waals surface area contributed by atoms with Gasteiger partial charge in [0.05, 0.1) is 6.20 Å². The van der Waals surface area contributed by atoms with Crippen LogP contribution in [-0.2, 0) is 0 Å². The van der Waals surface area contributed by atoms with Gasteiger partial charge in [0.15, 0.2) is 11.9 Å². The summed E-state index contributed by atoms with van der Waals surface area (Å²) in [6, 6.07) is 5.30. The van der Waals surface area contributed by atoms with Crippen LogP contribution in [-0.4, -0.2) is 26.0 Å². The average molecular weight is 261 g/mol. The quantitative estimate of drug-likeness (QED) is 0.659. The van der Waals surface area contributed by atoms with Crippen LogP contribution in [0.1, 0.15) is 10.5 Å². The van der Waals surface area contributed by atoms with Crippen LogP contribution in [0.3, 0.4) is 0 Å². The lowest BCUT2D eigenvalue weighted by Crippen LogP contribution is -1.99. The van der Waals surface area contributed by atoms with Gasteiger partial charge in [-0.3, -0.25) is 0 Å². The molecule has 0 bridgehead atoms. The second-order valence-electron chi connectivity index (χ2n) is 3.40. The summed E-state index contributed by atoms with van der Waals surface area (Å²) >= 11 is 0. The molecule has 0 aliphatic heterocycles. The zero-order valence-corrected chi connectivity index (χ0v) is 9.39. The van der Waals surface area contributed by atoms with Gasteiger partial charge in [0, 0.05) is 6.07 Å². The van der Waals surface area contributed by atoms with Gasteiger partial charge in [0.1, 0.15) is 11.4 Å². The van der Waals surface area contributed by atoms with Crippen molar-refractivity contribution < 1.29 is 19.6 Å². The molecule has 2 heterocycles. The van der Waals surface area contributed by atoms with E-state index in [9.17, 15) is 14.9 Å². The largest absolute Gasteiger partial charge is 0.477 e. The molecule has 0 aliphatic carbocycles. The van der Waals surface area contributed by atoms with Crippen molar-refractivity contribution in [3.63, 3.8) is 0 Å². The predicted molar refractivity (Wildman–Crippen MR) is 62.2 cm³/mol. The Bertz CT molecular complexity index is 554. The Morgan fingerprint density at radius 3 is 2.21 bits per heavy atom. The molecular formula is C11H7N3O5. The van der Waals surface area contributed by atoms with Crippen molar-refractivity contribution in [2.75, 3.05) is 0 Å². The SMILES string of the molecule is O=C(O)c1ccc(Oc2ccc([N+](=O)[O-])nc2)cn1. The Balaban J connectivity index is 2.12. The van der Waals surface area contributed by atoms with Crippen LogP contribution < -0.4 is 4.74 Å². The first-order chi connectivity index (χ1) is 9.06. The maximum Gasteiger partial charge on any atom is 0.363 e. The molecule has 0 atom stereocenters. The number of rotatable bonds is 4. The molecule has 8 nitrogen and oxygen atoms in total. The molecule has 2 aromatic heterocycles. The van der Waals surface area contributed by atoms with Crippen molar-refractivity contribution in [2.45, 2.75) is 0 Å². The first-order valence-electron chi connectivity index (χ1n) is 5.04. The molecule has 2 rings (SSSR count). The third-order valence-electron chi connectivity index (χ3n) is 2.10. The summed E-state index contributed by atoms with van der Waals surface area (Å²) in [7, 11) is 0. The van der Waals surface area contributed by atoms with Gasteiger partial charge in [-0.25, -0.2) is 9.78 Å². The van der Waals surface area contributed by atoms with Gasteiger partial charge in [-0.1, -0.05) is 0 Å². The zero-order chi connectivity index (χ0) is 13.8. The Morgan fingerprint density at radius 2 is 1.79 bits per heavy atom. The lowest BCUT2D eigenvalue weighted by molar-refractivity contribution is -0.389. The summed E-state index contributed by atoms with van der Waals surface area (Å²) < 4.78 is 5.31. The highest BCUT2D eigenvalue weighted by Gasteiger charge is 2.08. The topological polar surface area (TPSA) is 115 Å². The molecule has 96 valence electrons. The molecule has 0 fully saturated rings. The third-order valence-corrected chi connectivity index (χ3v) is 2.10. The predicted octanol–water partition coefficient (Wildman–Crippen LogP) is 1.88. The molecule has 0 saturated carbocycles. The van der Waals surface area contributed by atoms with Crippen LogP contribution in [0.15, 0.2) is 36.7 Å². The summed E-state index contributed by atoms with van der Waals surface area (Å²) in [5, 5.41) is 19.1. The maximum atomic E-state index is 10.6. The number of aromatic carboxylic acids is 1. The van der Waals surface area contributed by atoms with E-state index >= 15 is 0 Å². The van der Waals surface area contributed by atoms with Gasteiger partial charge in [0.25, 0.3) is 0 Å². The van der Waals surface area contributed by atoms with Gasteiger partial charge in [-0.05, 0) is 28.1 Å². The minimum atomic E-state index is -1.14. The Morgan fingerprint density at radius 1 is 1.16 bits per heavy atom. The van der Waals surface area contributed by atoms with Crippen molar-refractivity contribution in [1.82, 2.24) is 9.97 Å². The highest BCUT2D eigenvalue weighted by Crippen LogP contribution is 2.21. The van der Waals surface area contributed by atoms with Crippen molar-refractivity contribution in [3.8, 4) is 11.5 Å². The number of ether oxygens (including phenoxy) is 1. The van der Waals surface area contributed by atoms with Gasteiger partial charge < -0.3 is 20.0 Å². The maximum absolute atomic E-state index is 10.6. The smallest absolute Gasteiger partial charge is 0.363 e. The fourth-order valence-corrected chi connectivity index (χ4v) is 1.24. The number of nitro groups is 1. The lowest BCUT2D eigenvalue weighted by atomic mass is 10.3. The number of hydrogen-bond acceptors (Lipinski definition) is 6. The monoisotopic (exact) mass is 261 g/mol. The van der Waals surface area contributed by atoms with Crippen LogP contribution in [0.4, 0.5) is 5.82 Å². The summed E-state index contributed by atoms with van der Waals surface area (Å²) in [5.74, 6) is -0.827. The summed E-state index contributed by atoms with van der Waals surface area (Å²) in [6.45, 7) is 0. The first-order valence-corrected chi connectivity index (χ1v) is 5.04. The molecule has 19 heavy (non-hydrogen) atoms. The number of carboxylic acids is 1. The molecular weight excluding hydrogens is 254 g/mol. The normalized spacial score (nSPS) is 9.89. The van der Waals surface area contributed by atoms with Gasteiger partial charge in [0.2, 0.25) is 0 Å². The van der Waals surface area contributed by atoms with Crippen LogP contribution in [0.25, 0.3) is 0 Å². The standard InChI is InChI=1S/C11H7N3O5/c15-11(16)9-3-1-7(5-12-9)19-8-2-4-10(13-6-8)14(17)18/h1-6H,(H,15,16). The minimum absolute atomic E-state index is 0.103. The van der Waals surface area contributed by atoms with Crippen LogP contribution in [0.5, 0.6) is 11.5 Å². The van der Waals surface area contributed by atoms with Crippen molar-refractivity contribution in [2.24, 2.45) is 0 Å². The van der Waals surface area contributed by atoms with E-state index in [-0.39, 0.29) is 17.3 Å². The van der Waals surface area contributed by atoms with E-state index in [0.29, 0.717) is 5.75 Å². The van der Waals surface area contributed by atoms with Crippen molar-refractivity contribution >= 4 is 11.8 Å². The number of hydrogen-bond donors (Lipinski definition) is 1. The highest BCUT2D eigenvalue weighted by atomic mass is 16.6. The molecule has 0 amide bonds. The molecule has 0 spiro atoms. The van der Waals surface area contributed by atoms with Crippen LogP contribution >= 0.6 is 0 Å². The van der Waals surface area contributed by atoms with Crippen molar-refractivity contribution in [1.29, 1.82) is 0 Å². The second-order valence-corrected chi connectivity index (χ2v) is 3.40.